The highest BCUT2D eigenvalue weighted by molar-refractivity contribution is 5.93. The average Bonchev–Trinajstić information content (AvgIpc) is 2.99. The Kier molecular flexibility index (Phi) is 5.80. The van der Waals surface area contributed by atoms with E-state index in [1.165, 1.54) is 12.8 Å². The van der Waals surface area contributed by atoms with Crippen molar-refractivity contribution in [1.29, 1.82) is 0 Å². The summed E-state index contributed by atoms with van der Waals surface area (Å²) >= 11 is 0. The minimum Gasteiger partial charge on any atom is -0.478 e. The van der Waals surface area contributed by atoms with Crippen LogP contribution in [0.5, 0.6) is 5.88 Å². The molecular weight excluding hydrogens is 316 g/mol. The highest BCUT2D eigenvalue weighted by atomic mass is 35.5. The summed E-state index contributed by atoms with van der Waals surface area (Å²) < 4.78 is 5.89. The Labute approximate surface area is 141 Å². The van der Waals surface area contributed by atoms with Gasteiger partial charge in [0.2, 0.25) is 5.88 Å². The predicted octanol–water partition coefficient (Wildman–Crippen LogP) is 3.22. The number of carboxylic acids is 1. The van der Waals surface area contributed by atoms with Gasteiger partial charge in [0.1, 0.15) is 6.10 Å². The van der Waals surface area contributed by atoms with Gasteiger partial charge in [-0.2, -0.15) is 0 Å². The van der Waals surface area contributed by atoms with Gasteiger partial charge in [-0.3, -0.25) is 4.90 Å². The third-order valence-electron chi connectivity index (χ3n) is 3.95. The number of aromatic nitrogens is 1. The first kappa shape index (κ1) is 17.5. The smallest absolute Gasteiger partial charge is 0.335 e. The Morgan fingerprint density at radius 3 is 2.74 bits per heavy atom. The van der Waals surface area contributed by atoms with Gasteiger partial charge in [-0.05, 0) is 57.1 Å². The van der Waals surface area contributed by atoms with Crippen LogP contribution in [-0.2, 0) is 0 Å². The first-order valence-electron chi connectivity index (χ1n) is 7.65. The molecule has 0 radical (unpaired) electrons. The third kappa shape index (κ3) is 4.33. The Morgan fingerprint density at radius 2 is 2.04 bits per heavy atom. The van der Waals surface area contributed by atoms with E-state index in [9.17, 15) is 4.79 Å². The van der Waals surface area contributed by atoms with Crippen molar-refractivity contribution in [1.82, 2.24) is 9.88 Å². The van der Waals surface area contributed by atoms with Crippen LogP contribution in [0.25, 0.3) is 10.9 Å². The van der Waals surface area contributed by atoms with Gasteiger partial charge in [-0.1, -0.05) is 0 Å². The van der Waals surface area contributed by atoms with Gasteiger partial charge >= 0.3 is 5.97 Å². The molecule has 0 saturated carbocycles. The summed E-state index contributed by atoms with van der Waals surface area (Å²) in [6.45, 7) is 5.27. The molecule has 23 heavy (non-hydrogen) atoms. The lowest BCUT2D eigenvalue weighted by molar-refractivity contribution is 0.0697. The number of carboxylic acid groups (broad SMARTS) is 1. The number of halogens is 1. The van der Waals surface area contributed by atoms with Gasteiger partial charge in [-0.25, -0.2) is 9.78 Å². The number of nitrogens with zero attached hydrogens (tertiary/aromatic N) is 2. The maximum Gasteiger partial charge on any atom is 0.335 e. The molecule has 124 valence electrons. The molecule has 2 heterocycles. The van der Waals surface area contributed by atoms with E-state index < -0.39 is 5.97 Å². The van der Waals surface area contributed by atoms with Crippen molar-refractivity contribution in [2.45, 2.75) is 25.9 Å². The van der Waals surface area contributed by atoms with Crippen molar-refractivity contribution in [2.24, 2.45) is 0 Å². The van der Waals surface area contributed by atoms with Gasteiger partial charge in [0.25, 0.3) is 0 Å². The number of likely N-dealkylation sites (tertiary alicyclic amines) is 1. The van der Waals surface area contributed by atoms with Gasteiger partial charge in [0, 0.05) is 18.0 Å². The molecule has 0 aliphatic carbocycles. The fraction of sp³-hybridized carbons (Fsp3) is 0.412. The number of benzene rings is 1. The van der Waals surface area contributed by atoms with Crippen LogP contribution in [0.3, 0.4) is 0 Å². The molecule has 1 N–H and O–H groups in total. The van der Waals surface area contributed by atoms with E-state index in [0.29, 0.717) is 5.88 Å². The highest BCUT2D eigenvalue weighted by Crippen LogP contribution is 2.19. The van der Waals surface area contributed by atoms with Gasteiger partial charge in [-0.15, -0.1) is 12.4 Å². The zero-order chi connectivity index (χ0) is 15.5. The lowest BCUT2D eigenvalue weighted by Gasteiger charge is -2.20. The Bertz CT molecular complexity index is 687. The molecule has 1 aliphatic rings. The molecule has 1 aromatic carbocycles. The molecule has 3 rings (SSSR count). The zero-order valence-corrected chi connectivity index (χ0v) is 13.9. The summed E-state index contributed by atoms with van der Waals surface area (Å²) in [4.78, 5) is 17.8. The summed E-state index contributed by atoms with van der Waals surface area (Å²) in [7, 11) is 0. The zero-order valence-electron chi connectivity index (χ0n) is 13.1. The highest BCUT2D eigenvalue weighted by Gasteiger charge is 2.16. The van der Waals surface area contributed by atoms with E-state index in [-0.39, 0.29) is 24.1 Å². The topological polar surface area (TPSA) is 62.7 Å². The number of pyridine rings is 1. The molecule has 1 aromatic heterocycles. The lowest BCUT2D eigenvalue weighted by atomic mass is 10.1. The molecule has 0 bridgehead atoms. The molecule has 5 nitrogen and oxygen atoms in total. The van der Waals surface area contributed by atoms with Gasteiger partial charge in [0.15, 0.2) is 0 Å². The van der Waals surface area contributed by atoms with Crippen molar-refractivity contribution >= 4 is 29.3 Å². The molecule has 1 unspecified atom stereocenters. The second-order valence-corrected chi connectivity index (χ2v) is 5.80. The summed E-state index contributed by atoms with van der Waals surface area (Å²) in [5.74, 6) is -0.344. The summed E-state index contributed by atoms with van der Waals surface area (Å²) in [5, 5.41) is 9.81. The minimum atomic E-state index is -0.929. The number of fused-ring (bicyclic) bond motifs is 1. The summed E-state index contributed by atoms with van der Waals surface area (Å²) in [6.07, 6.45) is 2.63. The standard InChI is InChI=1S/C17H20N2O3.ClH/c1-12(11-19-8-2-3-9-19)22-16-7-5-13-10-14(17(20)21)4-6-15(13)18-16;/h4-7,10,12H,2-3,8-9,11H2,1H3,(H,20,21);1H. The van der Waals surface area contributed by atoms with Gasteiger partial charge in [0.05, 0.1) is 11.1 Å². The van der Waals surface area contributed by atoms with Crippen molar-refractivity contribution in [2.75, 3.05) is 19.6 Å². The molecule has 0 spiro atoms. The van der Waals surface area contributed by atoms with Crippen molar-refractivity contribution in [3.63, 3.8) is 0 Å². The number of hydrogen-bond acceptors (Lipinski definition) is 4. The molecule has 1 saturated heterocycles. The average molecular weight is 337 g/mol. The van der Waals surface area contributed by atoms with Crippen LogP contribution in [0.2, 0.25) is 0 Å². The molecule has 2 aromatic rings. The molecule has 1 atom stereocenters. The minimum absolute atomic E-state index is 0. The van der Waals surface area contributed by atoms with E-state index in [2.05, 4.69) is 16.8 Å². The van der Waals surface area contributed by atoms with E-state index >= 15 is 0 Å². The number of rotatable bonds is 5. The summed E-state index contributed by atoms with van der Waals surface area (Å²) in [6, 6.07) is 8.56. The van der Waals surface area contributed by atoms with Crippen LogP contribution in [0.4, 0.5) is 0 Å². The van der Waals surface area contributed by atoms with Crippen LogP contribution >= 0.6 is 12.4 Å². The lowest BCUT2D eigenvalue weighted by Crippen LogP contribution is -2.31. The van der Waals surface area contributed by atoms with E-state index in [1.807, 2.05) is 6.07 Å². The second kappa shape index (κ2) is 7.62. The Hall–Kier alpha value is -1.85. The maximum absolute atomic E-state index is 11.0. The number of aromatic carboxylic acids is 1. The van der Waals surface area contributed by atoms with Crippen molar-refractivity contribution in [3.05, 3.63) is 35.9 Å². The normalized spacial score (nSPS) is 16.0. The second-order valence-electron chi connectivity index (χ2n) is 5.80. The Balaban J connectivity index is 0.00000192. The summed E-state index contributed by atoms with van der Waals surface area (Å²) in [5.41, 5.74) is 1.02. The number of carbonyl (C=O) groups is 1. The largest absolute Gasteiger partial charge is 0.478 e. The number of ether oxygens (including phenoxy) is 1. The predicted molar refractivity (Wildman–Crippen MR) is 91.7 cm³/mol. The molecule has 6 heteroatoms. The van der Waals surface area contributed by atoms with E-state index in [4.69, 9.17) is 9.84 Å². The monoisotopic (exact) mass is 336 g/mol. The molecule has 1 fully saturated rings. The first-order chi connectivity index (χ1) is 10.6. The fourth-order valence-electron chi connectivity index (χ4n) is 2.88. The van der Waals surface area contributed by atoms with Crippen LogP contribution in [0, 0.1) is 0 Å². The van der Waals surface area contributed by atoms with Crippen LogP contribution in [0.15, 0.2) is 30.3 Å². The maximum atomic E-state index is 11.0. The van der Waals surface area contributed by atoms with Crippen LogP contribution in [0.1, 0.15) is 30.1 Å². The number of hydrogen-bond donors (Lipinski definition) is 1. The van der Waals surface area contributed by atoms with E-state index in [1.54, 1.807) is 24.3 Å². The molecular formula is C17H21ClN2O3. The quantitative estimate of drug-likeness (QED) is 0.908. The third-order valence-corrected chi connectivity index (χ3v) is 3.95. The fourth-order valence-corrected chi connectivity index (χ4v) is 2.88. The first-order valence-corrected chi connectivity index (χ1v) is 7.65. The van der Waals surface area contributed by atoms with Crippen LogP contribution in [-0.4, -0.2) is 46.7 Å². The van der Waals surface area contributed by atoms with Gasteiger partial charge < -0.3 is 9.84 Å². The SMILES string of the molecule is CC(CN1CCCC1)Oc1ccc2cc(C(=O)O)ccc2n1.Cl. The van der Waals surface area contributed by atoms with Crippen molar-refractivity contribution < 1.29 is 14.6 Å². The van der Waals surface area contributed by atoms with Crippen molar-refractivity contribution in [3.8, 4) is 5.88 Å². The Morgan fingerprint density at radius 1 is 1.30 bits per heavy atom. The molecule has 0 amide bonds. The molecule has 1 aliphatic heterocycles. The van der Waals surface area contributed by atoms with E-state index in [0.717, 1.165) is 30.5 Å². The van der Waals surface area contributed by atoms with Crippen LogP contribution < -0.4 is 4.74 Å².